The maximum Gasteiger partial charge on any atom is 3.00 e. The van der Waals surface area contributed by atoms with E-state index in [4.69, 9.17) is 0 Å². The second kappa shape index (κ2) is 9.86. The first-order chi connectivity index (χ1) is 13.3. The van der Waals surface area contributed by atoms with Gasteiger partial charge in [-0.25, -0.2) is 0 Å². The van der Waals surface area contributed by atoms with E-state index < -0.39 is 0 Å². The van der Waals surface area contributed by atoms with Crippen molar-refractivity contribution in [2.24, 2.45) is 0 Å². The molecular weight excluding hydrogens is 539 g/mol. The van der Waals surface area contributed by atoms with Gasteiger partial charge in [0.15, 0.2) is 0 Å². The summed E-state index contributed by atoms with van der Waals surface area (Å²) in [5, 5.41) is 8.39. The van der Waals surface area contributed by atoms with E-state index in [1.165, 1.54) is 5.56 Å². The average Bonchev–Trinajstić information content (AvgIpc) is 3.32. The SMILES string of the molecule is CN1C=CN(c2[c-]cccc2)[CH-]1.Cc1ccnc(-c2cc(C(C)(C)C)n[n-]2)c1.[Ir+3]. The van der Waals surface area contributed by atoms with E-state index in [1.54, 1.807) is 6.20 Å². The molecule has 0 saturated carbocycles. The van der Waals surface area contributed by atoms with E-state index in [9.17, 15) is 0 Å². The predicted octanol–water partition coefficient (Wildman–Crippen LogP) is 4.53. The Kier molecular flexibility index (Phi) is 7.77. The average molecular weight is 565 g/mol. The van der Waals surface area contributed by atoms with Gasteiger partial charge in [-0.1, -0.05) is 32.5 Å². The molecule has 1 aromatic carbocycles. The summed E-state index contributed by atoms with van der Waals surface area (Å²) in [4.78, 5) is 8.33. The van der Waals surface area contributed by atoms with Gasteiger partial charge in [0.2, 0.25) is 0 Å². The fraction of sp³-hybridized carbons (Fsp3) is 0.261. The van der Waals surface area contributed by atoms with E-state index in [0.717, 1.165) is 22.8 Å². The molecule has 152 valence electrons. The van der Waals surface area contributed by atoms with Gasteiger partial charge in [-0.15, -0.1) is 5.69 Å². The first kappa shape index (κ1) is 22.9. The fourth-order valence-corrected chi connectivity index (χ4v) is 2.60. The summed E-state index contributed by atoms with van der Waals surface area (Å²) in [5.74, 6) is 0. The van der Waals surface area contributed by atoms with Crippen molar-refractivity contribution in [3.8, 4) is 11.4 Å². The zero-order valence-electron chi connectivity index (χ0n) is 17.4. The van der Waals surface area contributed by atoms with Crippen molar-refractivity contribution >= 4 is 5.69 Å². The molecule has 2 aromatic heterocycles. The number of anilines is 1. The summed E-state index contributed by atoms with van der Waals surface area (Å²) in [5.41, 5.74) is 5.04. The Morgan fingerprint density at radius 1 is 1.10 bits per heavy atom. The molecule has 0 radical (unpaired) electrons. The van der Waals surface area contributed by atoms with Gasteiger partial charge in [0.25, 0.3) is 0 Å². The first-order valence-electron chi connectivity index (χ1n) is 9.27. The predicted molar refractivity (Wildman–Crippen MR) is 113 cm³/mol. The Bertz CT molecular complexity index is 928. The second-order valence-corrected chi connectivity index (χ2v) is 7.82. The Hall–Kier alpha value is -2.43. The van der Waals surface area contributed by atoms with Crippen molar-refractivity contribution in [1.82, 2.24) is 20.1 Å². The number of aromatic nitrogens is 3. The summed E-state index contributed by atoms with van der Waals surface area (Å²) >= 11 is 0. The van der Waals surface area contributed by atoms with Gasteiger partial charge in [0, 0.05) is 23.0 Å². The number of pyridine rings is 1. The Balaban J connectivity index is 0.000000207. The Morgan fingerprint density at radius 3 is 2.45 bits per heavy atom. The first-order valence-corrected chi connectivity index (χ1v) is 9.27. The molecule has 0 saturated heterocycles. The van der Waals surface area contributed by atoms with Gasteiger partial charge in [0.05, 0.1) is 0 Å². The molecule has 3 heterocycles. The molecule has 0 spiro atoms. The molecule has 0 aliphatic carbocycles. The number of nitrogens with zero attached hydrogens (tertiary/aromatic N) is 5. The summed E-state index contributed by atoms with van der Waals surface area (Å²) in [6.07, 6.45) is 5.81. The number of rotatable bonds is 2. The van der Waals surface area contributed by atoms with Crippen molar-refractivity contribution in [2.45, 2.75) is 33.1 Å². The monoisotopic (exact) mass is 565 g/mol. The zero-order chi connectivity index (χ0) is 20.1. The van der Waals surface area contributed by atoms with Gasteiger partial charge < -0.3 is 20.0 Å². The van der Waals surface area contributed by atoms with Crippen molar-refractivity contribution in [3.63, 3.8) is 0 Å². The summed E-state index contributed by atoms with van der Waals surface area (Å²) < 4.78 is 0. The van der Waals surface area contributed by atoms with Crippen LogP contribution in [0, 0.1) is 19.7 Å². The third-order valence-corrected chi connectivity index (χ3v) is 4.22. The van der Waals surface area contributed by atoms with E-state index in [1.807, 2.05) is 85.3 Å². The van der Waals surface area contributed by atoms with Gasteiger partial charge in [0.1, 0.15) is 0 Å². The van der Waals surface area contributed by atoms with Gasteiger partial charge in [-0.05, 0) is 44.1 Å². The molecule has 29 heavy (non-hydrogen) atoms. The maximum absolute atomic E-state index is 4.30. The molecule has 3 aromatic rings. The molecule has 0 N–H and O–H groups in total. The van der Waals surface area contributed by atoms with Crippen molar-refractivity contribution in [3.05, 3.63) is 85.1 Å². The van der Waals surface area contributed by atoms with E-state index in [-0.39, 0.29) is 25.5 Å². The molecule has 4 rings (SSSR count). The minimum Gasteiger partial charge on any atom is -0.573 e. The standard InChI is InChI=1S/C13H16N3.C10H10N2.Ir/c1-9-5-6-14-10(7-9)11-8-12(16-15-11)13(2,3)4;1-11-7-8-12(9-11)10-5-3-2-4-6-10;/h5-8H,1-4H3;2-5,7-9H,1H3;/q-1;-2;+3. The van der Waals surface area contributed by atoms with Crippen LogP contribution in [0.2, 0.25) is 0 Å². The smallest absolute Gasteiger partial charge is 0.573 e. The minimum absolute atomic E-state index is 0. The van der Waals surface area contributed by atoms with Crippen LogP contribution in [0.5, 0.6) is 0 Å². The van der Waals surface area contributed by atoms with Crippen LogP contribution in [0.4, 0.5) is 5.69 Å². The van der Waals surface area contributed by atoms with Crippen LogP contribution < -0.4 is 10.00 Å². The van der Waals surface area contributed by atoms with Crippen molar-refractivity contribution < 1.29 is 20.1 Å². The number of aryl methyl sites for hydroxylation is 1. The summed E-state index contributed by atoms with van der Waals surface area (Å²) in [6, 6.07) is 17.1. The van der Waals surface area contributed by atoms with Crippen LogP contribution in [0.3, 0.4) is 0 Å². The van der Waals surface area contributed by atoms with Crippen LogP contribution in [0.25, 0.3) is 11.4 Å². The Labute approximate surface area is 187 Å². The van der Waals surface area contributed by atoms with Crippen LogP contribution >= 0.6 is 0 Å². The van der Waals surface area contributed by atoms with Crippen molar-refractivity contribution in [1.29, 1.82) is 0 Å². The second-order valence-electron chi connectivity index (χ2n) is 7.82. The zero-order valence-corrected chi connectivity index (χ0v) is 19.8. The van der Waals surface area contributed by atoms with E-state index in [0.29, 0.717) is 0 Å². The molecule has 0 amide bonds. The van der Waals surface area contributed by atoms with Crippen LogP contribution in [-0.4, -0.2) is 22.0 Å². The molecule has 0 fully saturated rings. The van der Waals surface area contributed by atoms with Gasteiger partial charge in [-0.3, -0.25) is 4.98 Å². The molecule has 1 aliphatic rings. The number of para-hydroxylation sites is 1. The number of hydrogen-bond acceptors (Lipinski definition) is 4. The Morgan fingerprint density at radius 2 is 1.90 bits per heavy atom. The van der Waals surface area contributed by atoms with Crippen LogP contribution in [-0.2, 0) is 25.5 Å². The molecule has 0 unspecified atom stereocenters. The fourth-order valence-electron chi connectivity index (χ4n) is 2.60. The largest absolute Gasteiger partial charge is 3.00 e. The van der Waals surface area contributed by atoms with Crippen LogP contribution in [0.1, 0.15) is 32.0 Å². The minimum atomic E-state index is 0. The van der Waals surface area contributed by atoms with Gasteiger partial charge in [-0.2, -0.15) is 37.0 Å². The quantitative estimate of drug-likeness (QED) is 0.428. The molecule has 6 heteroatoms. The van der Waals surface area contributed by atoms with Gasteiger partial charge >= 0.3 is 20.1 Å². The summed E-state index contributed by atoms with van der Waals surface area (Å²) in [7, 11) is 2.00. The molecular formula is C23H26IrN5. The molecule has 0 bridgehead atoms. The number of benzene rings is 1. The third-order valence-electron chi connectivity index (χ3n) is 4.22. The normalized spacial score (nSPS) is 13.0. The topological polar surface area (TPSA) is 46.4 Å². The summed E-state index contributed by atoms with van der Waals surface area (Å²) in [6.45, 7) is 10.4. The number of hydrogen-bond donors (Lipinski definition) is 0. The van der Waals surface area contributed by atoms with E-state index in [2.05, 4.69) is 42.0 Å². The van der Waals surface area contributed by atoms with Crippen molar-refractivity contribution in [2.75, 3.05) is 11.9 Å². The third kappa shape index (κ3) is 6.28. The molecule has 0 atom stereocenters. The maximum atomic E-state index is 4.30. The molecule has 1 aliphatic heterocycles. The van der Waals surface area contributed by atoms with E-state index >= 15 is 0 Å². The van der Waals surface area contributed by atoms with Crippen LogP contribution in [0.15, 0.2) is 61.1 Å². The molecule has 5 nitrogen and oxygen atoms in total.